The van der Waals surface area contributed by atoms with E-state index in [0.29, 0.717) is 6.54 Å². The van der Waals surface area contributed by atoms with Crippen LogP contribution >= 0.6 is 11.8 Å². The lowest BCUT2D eigenvalue weighted by atomic mass is 10.2. The summed E-state index contributed by atoms with van der Waals surface area (Å²) in [6, 6.07) is 14.0. The molecule has 0 aliphatic rings. The summed E-state index contributed by atoms with van der Waals surface area (Å²) < 4.78 is 13.2. The van der Waals surface area contributed by atoms with E-state index in [1.165, 1.54) is 23.9 Å². The molecule has 2 aromatic carbocycles. The number of halogens is 1. The average molecular weight is 343 g/mol. The normalized spacial score (nSPS) is 12.3. The van der Waals surface area contributed by atoms with Crippen LogP contribution in [0.5, 0.6) is 0 Å². The molecule has 1 unspecified atom stereocenters. The molecule has 1 N–H and O–H groups in total. The Morgan fingerprint density at radius 3 is 2.83 bits per heavy atom. The van der Waals surface area contributed by atoms with Gasteiger partial charge in [-0.3, -0.25) is 4.79 Å². The third kappa shape index (κ3) is 3.76. The Labute approximate surface area is 144 Å². The quantitative estimate of drug-likeness (QED) is 0.716. The summed E-state index contributed by atoms with van der Waals surface area (Å²) in [6.45, 7) is 2.23. The molecule has 1 heterocycles. The molecule has 1 atom stereocenters. The van der Waals surface area contributed by atoms with Crippen molar-refractivity contribution in [3.8, 4) is 0 Å². The van der Waals surface area contributed by atoms with Gasteiger partial charge in [-0.2, -0.15) is 0 Å². The van der Waals surface area contributed by atoms with Gasteiger partial charge in [-0.25, -0.2) is 9.37 Å². The predicted molar refractivity (Wildman–Crippen MR) is 94.3 cm³/mol. The molecule has 1 amide bonds. The van der Waals surface area contributed by atoms with Gasteiger partial charge < -0.3 is 9.88 Å². The van der Waals surface area contributed by atoms with Crippen molar-refractivity contribution < 1.29 is 9.18 Å². The van der Waals surface area contributed by atoms with Crippen molar-refractivity contribution >= 4 is 28.7 Å². The largest absolute Gasteiger partial charge is 0.340 e. The fraction of sp³-hybridized carbons (Fsp3) is 0.222. The summed E-state index contributed by atoms with van der Waals surface area (Å²) in [5, 5.41) is 0.431. The zero-order chi connectivity index (χ0) is 17.1. The second-order valence-corrected chi connectivity index (χ2v) is 6.97. The Morgan fingerprint density at radius 2 is 2.08 bits per heavy atom. The van der Waals surface area contributed by atoms with Crippen LogP contribution in [0.2, 0.25) is 0 Å². The highest BCUT2D eigenvalue weighted by Gasteiger charge is 2.20. The van der Waals surface area contributed by atoms with Crippen LogP contribution in [0.25, 0.3) is 11.0 Å². The third-order valence-electron chi connectivity index (χ3n) is 3.69. The molecular formula is C18H18FN3OS. The zero-order valence-corrected chi connectivity index (χ0v) is 14.3. The van der Waals surface area contributed by atoms with Gasteiger partial charge in [0.05, 0.1) is 16.3 Å². The van der Waals surface area contributed by atoms with Crippen molar-refractivity contribution in [2.24, 2.45) is 0 Å². The topological polar surface area (TPSA) is 49.0 Å². The van der Waals surface area contributed by atoms with Crippen LogP contribution in [0.1, 0.15) is 12.5 Å². The summed E-state index contributed by atoms with van der Waals surface area (Å²) in [5.74, 6) is -0.317. The van der Waals surface area contributed by atoms with Crippen molar-refractivity contribution in [1.82, 2.24) is 14.9 Å². The Balaban J connectivity index is 1.65. The number of aromatic nitrogens is 2. The van der Waals surface area contributed by atoms with Crippen LogP contribution < -0.4 is 0 Å². The second-order valence-electron chi connectivity index (χ2n) is 5.64. The smallest absolute Gasteiger partial charge is 0.235 e. The molecule has 0 fully saturated rings. The predicted octanol–water partition coefficient (Wildman–Crippen LogP) is 3.84. The van der Waals surface area contributed by atoms with E-state index in [1.54, 1.807) is 18.0 Å². The summed E-state index contributed by atoms with van der Waals surface area (Å²) in [7, 11) is 1.73. The van der Waals surface area contributed by atoms with Gasteiger partial charge in [0.1, 0.15) is 5.82 Å². The van der Waals surface area contributed by atoms with Crippen LogP contribution in [0, 0.1) is 5.82 Å². The molecule has 3 rings (SSSR count). The number of fused-ring (bicyclic) bond motifs is 1. The fourth-order valence-electron chi connectivity index (χ4n) is 2.50. The van der Waals surface area contributed by atoms with Gasteiger partial charge in [0.2, 0.25) is 5.91 Å². The Hall–Kier alpha value is -2.34. The van der Waals surface area contributed by atoms with Gasteiger partial charge in [0, 0.05) is 13.6 Å². The maximum atomic E-state index is 13.2. The minimum absolute atomic E-state index is 0.0234. The van der Waals surface area contributed by atoms with E-state index >= 15 is 0 Å². The molecule has 124 valence electrons. The fourth-order valence-corrected chi connectivity index (χ4v) is 3.44. The zero-order valence-electron chi connectivity index (χ0n) is 13.5. The SMILES string of the molecule is CC(Sc1nc2ccccc2[nH]1)C(=O)N(C)Cc1cccc(F)c1. The van der Waals surface area contributed by atoms with Crippen molar-refractivity contribution in [2.75, 3.05) is 7.05 Å². The molecule has 0 saturated carbocycles. The third-order valence-corrected chi connectivity index (χ3v) is 4.66. The minimum atomic E-state index is -0.293. The van der Waals surface area contributed by atoms with Crippen LogP contribution in [0.4, 0.5) is 4.39 Å². The Bertz CT molecular complexity index is 831. The van der Waals surface area contributed by atoms with Crippen molar-refractivity contribution in [3.63, 3.8) is 0 Å². The van der Waals surface area contributed by atoms with Crippen LogP contribution in [-0.4, -0.2) is 33.1 Å². The highest BCUT2D eigenvalue weighted by Crippen LogP contribution is 2.24. The molecule has 0 saturated heterocycles. The standard InChI is InChI=1S/C18H18FN3OS/c1-12(24-18-20-15-8-3-4-9-16(15)21-18)17(23)22(2)11-13-6-5-7-14(19)10-13/h3-10,12H,11H2,1-2H3,(H,20,21). The number of amides is 1. The summed E-state index contributed by atoms with van der Waals surface area (Å²) >= 11 is 1.39. The number of hydrogen-bond acceptors (Lipinski definition) is 3. The van der Waals surface area contributed by atoms with E-state index in [0.717, 1.165) is 21.8 Å². The van der Waals surface area contributed by atoms with E-state index in [-0.39, 0.29) is 17.0 Å². The lowest BCUT2D eigenvalue weighted by Crippen LogP contribution is -2.32. The first-order valence-electron chi connectivity index (χ1n) is 7.64. The first kappa shape index (κ1) is 16.5. The minimum Gasteiger partial charge on any atom is -0.340 e. The number of imidazole rings is 1. The molecule has 0 spiro atoms. The van der Waals surface area contributed by atoms with Crippen LogP contribution in [0.15, 0.2) is 53.7 Å². The number of thioether (sulfide) groups is 1. The number of hydrogen-bond donors (Lipinski definition) is 1. The molecule has 6 heteroatoms. The number of H-pyrrole nitrogens is 1. The van der Waals surface area contributed by atoms with E-state index < -0.39 is 0 Å². The lowest BCUT2D eigenvalue weighted by molar-refractivity contribution is -0.129. The van der Waals surface area contributed by atoms with Crippen LogP contribution in [0.3, 0.4) is 0 Å². The van der Waals surface area contributed by atoms with Crippen molar-refractivity contribution in [1.29, 1.82) is 0 Å². The maximum Gasteiger partial charge on any atom is 0.235 e. The molecule has 24 heavy (non-hydrogen) atoms. The van der Waals surface area contributed by atoms with Gasteiger partial charge in [0.15, 0.2) is 5.16 Å². The highest BCUT2D eigenvalue weighted by molar-refractivity contribution is 8.00. The number of nitrogens with one attached hydrogen (secondary N) is 1. The molecule has 4 nitrogen and oxygen atoms in total. The van der Waals surface area contributed by atoms with Gasteiger partial charge in [-0.05, 0) is 36.8 Å². The first-order valence-corrected chi connectivity index (χ1v) is 8.52. The maximum absolute atomic E-state index is 13.2. The van der Waals surface area contributed by atoms with Crippen molar-refractivity contribution in [2.45, 2.75) is 23.9 Å². The number of aromatic amines is 1. The number of benzene rings is 2. The number of carbonyl (C=O) groups excluding carboxylic acids is 1. The van der Waals surface area contributed by atoms with E-state index in [2.05, 4.69) is 9.97 Å². The number of rotatable bonds is 5. The lowest BCUT2D eigenvalue weighted by Gasteiger charge is -2.20. The number of nitrogens with zero attached hydrogens (tertiary/aromatic N) is 2. The molecule has 0 aliphatic heterocycles. The van der Waals surface area contributed by atoms with Gasteiger partial charge in [-0.15, -0.1) is 0 Å². The highest BCUT2D eigenvalue weighted by atomic mass is 32.2. The second kappa shape index (κ2) is 7.05. The summed E-state index contributed by atoms with van der Waals surface area (Å²) in [6.07, 6.45) is 0. The Kier molecular flexibility index (Phi) is 4.85. The Morgan fingerprint density at radius 1 is 1.29 bits per heavy atom. The summed E-state index contributed by atoms with van der Waals surface area (Å²) in [5.41, 5.74) is 2.60. The average Bonchev–Trinajstić information content (AvgIpc) is 2.96. The molecule has 0 radical (unpaired) electrons. The van der Waals surface area contributed by atoms with E-state index in [9.17, 15) is 9.18 Å². The van der Waals surface area contributed by atoms with Crippen molar-refractivity contribution in [3.05, 3.63) is 59.9 Å². The molecule has 0 bridgehead atoms. The molecule has 3 aromatic rings. The van der Waals surface area contributed by atoms with Gasteiger partial charge >= 0.3 is 0 Å². The molecular weight excluding hydrogens is 325 g/mol. The van der Waals surface area contributed by atoms with Gasteiger partial charge in [0.25, 0.3) is 0 Å². The summed E-state index contributed by atoms with van der Waals surface area (Å²) in [4.78, 5) is 21.8. The molecule has 1 aromatic heterocycles. The molecule has 0 aliphatic carbocycles. The number of carbonyl (C=O) groups is 1. The van der Waals surface area contributed by atoms with E-state index in [1.807, 2.05) is 37.3 Å². The van der Waals surface area contributed by atoms with Crippen LogP contribution in [-0.2, 0) is 11.3 Å². The number of para-hydroxylation sites is 2. The van der Waals surface area contributed by atoms with Gasteiger partial charge in [-0.1, -0.05) is 36.0 Å². The monoisotopic (exact) mass is 343 g/mol. The first-order chi connectivity index (χ1) is 11.5. The van der Waals surface area contributed by atoms with E-state index in [4.69, 9.17) is 0 Å².